The van der Waals surface area contributed by atoms with E-state index >= 15 is 0 Å². The summed E-state index contributed by atoms with van der Waals surface area (Å²) in [6, 6.07) is 0. The van der Waals surface area contributed by atoms with Crippen molar-refractivity contribution < 1.29 is 28.5 Å². The van der Waals surface area contributed by atoms with E-state index in [1.165, 1.54) is 0 Å². The molecule has 0 aromatic carbocycles. The fraction of sp³-hybridized carbons (Fsp3) is 0.800. The highest BCUT2D eigenvalue weighted by atomic mass is 80.0. The van der Waals surface area contributed by atoms with Crippen LogP contribution >= 0.6 is 95.6 Å². The summed E-state index contributed by atoms with van der Waals surface area (Å²) >= 11 is 18.2. The molecule has 130 valence electrons. The van der Waals surface area contributed by atoms with Crippen molar-refractivity contribution in [2.24, 2.45) is 0 Å². The zero-order valence-corrected chi connectivity index (χ0v) is 20.5. The smallest absolute Gasteiger partial charge is 0.345 e. The highest BCUT2D eigenvalue weighted by Crippen LogP contribution is 2.35. The van der Waals surface area contributed by atoms with Crippen LogP contribution in [0.3, 0.4) is 0 Å². The molecule has 12 heteroatoms. The van der Waals surface area contributed by atoms with E-state index in [9.17, 15) is 9.59 Å². The van der Waals surface area contributed by atoms with Gasteiger partial charge in [-0.15, -0.1) is 0 Å². The summed E-state index contributed by atoms with van der Waals surface area (Å²) in [6.07, 6.45) is 0. The molecule has 0 aromatic heterocycles. The van der Waals surface area contributed by atoms with Crippen LogP contribution in [0.4, 0.5) is 0 Å². The van der Waals surface area contributed by atoms with Gasteiger partial charge in [-0.1, -0.05) is 0 Å². The fourth-order valence-corrected chi connectivity index (χ4v) is 1.56. The number of rotatable bonds is 9. The number of hydrogen-bond donors (Lipinski definition) is 0. The van der Waals surface area contributed by atoms with Crippen molar-refractivity contribution in [2.75, 3.05) is 39.6 Å². The Morgan fingerprint density at radius 1 is 0.591 bits per heavy atom. The van der Waals surface area contributed by atoms with Gasteiger partial charge in [0.1, 0.15) is 13.2 Å². The highest BCUT2D eigenvalue weighted by Gasteiger charge is 2.30. The van der Waals surface area contributed by atoms with Crippen LogP contribution in [0.1, 0.15) is 0 Å². The molecule has 0 unspecified atom stereocenters. The molecule has 0 fully saturated rings. The maximum absolute atomic E-state index is 11.3. The molecule has 22 heavy (non-hydrogen) atoms. The zero-order chi connectivity index (χ0) is 17.2. The Hall–Kier alpha value is 1.74. The first kappa shape index (κ1) is 23.7. The van der Waals surface area contributed by atoms with Gasteiger partial charge in [-0.2, -0.15) is 0 Å². The van der Waals surface area contributed by atoms with Gasteiger partial charge in [0.2, 0.25) is 4.29 Å². The van der Waals surface area contributed by atoms with Gasteiger partial charge in [-0.05, 0) is 95.6 Å². The van der Waals surface area contributed by atoms with Gasteiger partial charge in [-0.3, -0.25) is 0 Å². The van der Waals surface area contributed by atoms with E-state index < -0.39 is 16.2 Å². The van der Waals surface area contributed by atoms with Gasteiger partial charge in [0.05, 0.1) is 26.4 Å². The molecular formula is C10H12Br6O6. The lowest BCUT2D eigenvalue weighted by atomic mass is 10.7. The molecule has 0 amide bonds. The van der Waals surface area contributed by atoms with Crippen molar-refractivity contribution in [3.8, 4) is 0 Å². The average molecular weight is 708 g/mol. The third kappa shape index (κ3) is 13.1. The van der Waals surface area contributed by atoms with E-state index in [2.05, 4.69) is 95.6 Å². The molecule has 0 saturated heterocycles. The Bertz CT molecular complexity index is 319. The van der Waals surface area contributed by atoms with Crippen LogP contribution in [0, 0.1) is 0 Å². The molecular weight excluding hydrogens is 696 g/mol. The van der Waals surface area contributed by atoms with Crippen molar-refractivity contribution >= 4 is 108 Å². The average Bonchev–Trinajstić information content (AvgIpc) is 2.38. The zero-order valence-electron chi connectivity index (χ0n) is 11.0. The minimum Gasteiger partial charge on any atom is -0.461 e. The van der Waals surface area contributed by atoms with Crippen LogP contribution in [-0.2, 0) is 28.5 Å². The summed E-state index contributed by atoms with van der Waals surface area (Å²) in [5.74, 6) is -1.01. The molecule has 0 heterocycles. The molecule has 0 bridgehead atoms. The quantitative estimate of drug-likeness (QED) is 0.207. The van der Waals surface area contributed by atoms with Crippen LogP contribution in [-0.4, -0.2) is 55.9 Å². The summed E-state index contributed by atoms with van der Waals surface area (Å²) in [6.45, 7) is 1.45. The molecule has 0 aliphatic heterocycles. The van der Waals surface area contributed by atoms with Crippen LogP contribution in [0.5, 0.6) is 0 Å². The minimum absolute atomic E-state index is 0.130. The van der Waals surface area contributed by atoms with E-state index in [1.54, 1.807) is 0 Å². The van der Waals surface area contributed by atoms with Crippen LogP contribution in [0.25, 0.3) is 0 Å². The molecule has 0 aromatic rings. The largest absolute Gasteiger partial charge is 0.461 e. The van der Waals surface area contributed by atoms with Gasteiger partial charge in [0.25, 0.3) is 0 Å². The number of carbonyl (C=O) groups is 2. The monoisotopic (exact) mass is 702 g/mol. The molecule has 0 N–H and O–H groups in total. The van der Waals surface area contributed by atoms with E-state index in [4.69, 9.17) is 18.9 Å². The normalized spacial score (nSPS) is 12.1. The van der Waals surface area contributed by atoms with E-state index in [0.717, 1.165) is 0 Å². The van der Waals surface area contributed by atoms with Crippen molar-refractivity contribution in [2.45, 2.75) is 4.29 Å². The molecule has 0 aliphatic carbocycles. The summed E-state index contributed by atoms with van der Waals surface area (Å²) in [4.78, 5) is 22.6. The number of esters is 2. The van der Waals surface area contributed by atoms with Gasteiger partial charge in [0, 0.05) is 0 Å². The summed E-state index contributed by atoms with van der Waals surface area (Å²) in [5, 5.41) is 0. The molecule has 0 radical (unpaired) electrons. The van der Waals surface area contributed by atoms with Crippen LogP contribution in [0.2, 0.25) is 0 Å². The Balaban J connectivity index is 3.38. The Labute approximate surface area is 178 Å². The first-order chi connectivity index (χ1) is 10.0. The van der Waals surface area contributed by atoms with Gasteiger partial charge in [-0.25, -0.2) is 9.59 Å². The number of halogens is 6. The number of alkyl halides is 6. The number of carbonyl (C=O) groups excluding carboxylic acids is 2. The standard InChI is InChI=1S/C10H12Br6O6/c11-9(12,13)7(17)21-5-3-19-1-2-20-4-6-22-8(18)10(14,15)16/h1-6H2. The van der Waals surface area contributed by atoms with Gasteiger partial charge < -0.3 is 18.9 Å². The highest BCUT2D eigenvalue weighted by molar-refractivity contribution is 9.40. The van der Waals surface area contributed by atoms with Gasteiger partial charge >= 0.3 is 11.9 Å². The lowest BCUT2D eigenvalue weighted by Gasteiger charge is -2.12. The predicted molar refractivity (Wildman–Crippen MR) is 103 cm³/mol. The maximum atomic E-state index is 11.3. The van der Waals surface area contributed by atoms with Crippen LogP contribution < -0.4 is 0 Å². The summed E-state index contributed by atoms with van der Waals surface area (Å²) < 4.78 is 18.1. The molecule has 0 rings (SSSR count). The molecule has 6 nitrogen and oxygen atoms in total. The summed E-state index contributed by atoms with van der Waals surface area (Å²) in [7, 11) is 0. The second-order valence-electron chi connectivity index (χ2n) is 3.49. The van der Waals surface area contributed by atoms with Crippen LogP contribution in [0.15, 0.2) is 0 Å². The summed E-state index contributed by atoms with van der Waals surface area (Å²) in [5.41, 5.74) is 0. The lowest BCUT2D eigenvalue weighted by molar-refractivity contribution is -0.144. The Kier molecular flexibility index (Phi) is 13.1. The Morgan fingerprint density at radius 2 is 0.864 bits per heavy atom. The second-order valence-corrected chi connectivity index (χ2v) is 17.0. The molecule has 0 spiro atoms. The molecule has 0 aliphatic rings. The molecule has 0 saturated carbocycles. The first-order valence-electron chi connectivity index (χ1n) is 5.68. The van der Waals surface area contributed by atoms with Crippen molar-refractivity contribution in [1.29, 1.82) is 0 Å². The first-order valence-corrected chi connectivity index (χ1v) is 10.4. The van der Waals surface area contributed by atoms with Crippen molar-refractivity contribution in [3.05, 3.63) is 0 Å². The minimum atomic E-state index is -1.06. The predicted octanol–water partition coefficient (Wildman–Crippen LogP) is 3.78. The number of ether oxygens (including phenoxy) is 4. The third-order valence-corrected chi connectivity index (χ3v) is 3.70. The van der Waals surface area contributed by atoms with Crippen molar-refractivity contribution in [1.82, 2.24) is 0 Å². The lowest BCUT2D eigenvalue weighted by Crippen LogP contribution is -2.23. The van der Waals surface area contributed by atoms with Crippen molar-refractivity contribution in [3.63, 3.8) is 0 Å². The number of hydrogen-bond acceptors (Lipinski definition) is 6. The SMILES string of the molecule is O=C(OCCOCCOCCOC(=O)C(Br)(Br)Br)C(Br)(Br)Br. The fourth-order valence-electron chi connectivity index (χ4n) is 0.872. The third-order valence-electron chi connectivity index (χ3n) is 1.76. The Morgan fingerprint density at radius 3 is 1.14 bits per heavy atom. The van der Waals surface area contributed by atoms with E-state index in [1.807, 2.05) is 0 Å². The van der Waals surface area contributed by atoms with Gasteiger partial charge in [0.15, 0.2) is 0 Å². The van der Waals surface area contributed by atoms with E-state index in [-0.39, 0.29) is 26.4 Å². The van der Waals surface area contributed by atoms with E-state index in [0.29, 0.717) is 13.2 Å². The second kappa shape index (κ2) is 12.2. The maximum Gasteiger partial charge on any atom is 0.345 e. The topological polar surface area (TPSA) is 71.1 Å². The molecule has 0 atom stereocenters.